The molecule has 0 heterocycles. The van der Waals surface area contributed by atoms with E-state index in [2.05, 4.69) is 17.4 Å². The summed E-state index contributed by atoms with van der Waals surface area (Å²) in [5, 5.41) is 20.8. The molecule has 0 radical (unpaired) electrons. The molecule has 154 valence electrons. The van der Waals surface area contributed by atoms with Gasteiger partial charge in [-0.3, -0.25) is 4.79 Å². The van der Waals surface area contributed by atoms with Gasteiger partial charge in [-0.2, -0.15) is 5.26 Å². The Morgan fingerprint density at radius 1 is 0.968 bits per heavy atom. The number of nitrogens with zero attached hydrogens (tertiary/aromatic N) is 1. The number of hydrogen-bond donors (Lipinski definition) is 2. The van der Waals surface area contributed by atoms with Gasteiger partial charge in [0.1, 0.15) is 6.61 Å². The van der Waals surface area contributed by atoms with E-state index in [1.807, 2.05) is 42.5 Å². The molecule has 0 fully saturated rings. The van der Waals surface area contributed by atoms with E-state index in [9.17, 15) is 14.7 Å². The molecule has 0 aromatic heterocycles. The largest absolute Gasteiger partial charge is 0.481 e. The van der Waals surface area contributed by atoms with Gasteiger partial charge in [-0.1, -0.05) is 60.7 Å². The molecule has 0 unspecified atom stereocenters. The van der Waals surface area contributed by atoms with Crippen LogP contribution in [-0.4, -0.2) is 23.8 Å². The summed E-state index contributed by atoms with van der Waals surface area (Å²) in [5.41, 5.74) is 5.52. The van der Waals surface area contributed by atoms with E-state index in [1.54, 1.807) is 24.3 Å². The third-order valence-electron chi connectivity index (χ3n) is 5.46. The van der Waals surface area contributed by atoms with Gasteiger partial charge in [0, 0.05) is 5.92 Å². The SMILES string of the molecule is N#Cc1ccc([C@H](CC(=O)O)NC(=O)OCC2c3ccccc3-c3ccccc32)cc1. The van der Waals surface area contributed by atoms with Crippen molar-refractivity contribution in [1.29, 1.82) is 5.26 Å². The second-order valence-corrected chi connectivity index (χ2v) is 7.35. The summed E-state index contributed by atoms with van der Waals surface area (Å²) in [6.45, 7) is 0.146. The lowest BCUT2D eigenvalue weighted by molar-refractivity contribution is -0.137. The summed E-state index contributed by atoms with van der Waals surface area (Å²) >= 11 is 0. The van der Waals surface area contributed by atoms with Crippen molar-refractivity contribution < 1.29 is 19.4 Å². The Morgan fingerprint density at radius 2 is 1.55 bits per heavy atom. The van der Waals surface area contributed by atoms with Gasteiger partial charge >= 0.3 is 12.1 Å². The fourth-order valence-corrected chi connectivity index (χ4v) is 4.00. The first kappa shape index (κ1) is 20.2. The van der Waals surface area contributed by atoms with Gasteiger partial charge in [-0.05, 0) is 39.9 Å². The van der Waals surface area contributed by atoms with Crippen molar-refractivity contribution in [2.75, 3.05) is 6.61 Å². The van der Waals surface area contributed by atoms with E-state index in [1.165, 1.54) is 0 Å². The number of nitriles is 1. The maximum atomic E-state index is 12.5. The number of carboxylic acids is 1. The van der Waals surface area contributed by atoms with Crippen LogP contribution in [0.5, 0.6) is 0 Å². The second kappa shape index (κ2) is 8.72. The van der Waals surface area contributed by atoms with Gasteiger partial charge in [0.25, 0.3) is 0 Å². The summed E-state index contributed by atoms with van der Waals surface area (Å²) in [5.74, 6) is -1.13. The molecular formula is C25H20N2O4. The predicted octanol–water partition coefficient (Wildman–Crippen LogP) is 4.61. The van der Waals surface area contributed by atoms with E-state index < -0.39 is 18.1 Å². The van der Waals surface area contributed by atoms with Gasteiger partial charge in [-0.15, -0.1) is 0 Å². The molecule has 0 saturated heterocycles. The van der Waals surface area contributed by atoms with Crippen LogP contribution in [0.25, 0.3) is 11.1 Å². The van der Waals surface area contributed by atoms with Gasteiger partial charge in [0.2, 0.25) is 0 Å². The molecule has 6 heteroatoms. The van der Waals surface area contributed by atoms with Crippen molar-refractivity contribution >= 4 is 12.1 Å². The number of benzene rings is 3. The summed E-state index contributed by atoms with van der Waals surface area (Å²) < 4.78 is 5.52. The first-order valence-electron chi connectivity index (χ1n) is 9.90. The molecule has 31 heavy (non-hydrogen) atoms. The van der Waals surface area contributed by atoms with Crippen LogP contribution in [0.3, 0.4) is 0 Å². The van der Waals surface area contributed by atoms with Gasteiger partial charge in [-0.25, -0.2) is 4.79 Å². The van der Waals surface area contributed by atoms with E-state index in [0.29, 0.717) is 11.1 Å². The van der Waals surface area contributed by atoms with Gasteiger partial charge in [0.05, 0.1) is 24.1 Å². The number of carbonyl (C=O) groups excluding carboxylic acids is 1. The van der Waals surface area contributed by atoms with E-state index in [0.717, 1.165) is 22.3 Å². The fourth-order valence-electron chi connectivity index (χ4n) is 4.00. The molecule has 1 aliphatic rings. The Kier molecular flexibility index (Phi) is 5.67. The summed E-state index contributed by atoms with van der Waals surface area (Å²) in [6, 6.07) is 23.8. The molecule has 2 N–H and O–H groups in total. The van der Waals surface area contributed by atoms with Crippen LogP contribution in [-0.2, 0) is 9.53 Å². The lowest BCUT2D eigenvalue weighted by Gasteiger charge is -2.19. The van der Waals surface area contributed by atoms with Crippen LogP contribution in [0.4, 0.5) is 4.79 Å². The van der Waals surface area contributed by atoms with Crippen molar-refractivity contribution in [2.45, 2.75) is 18.4 Å². The lowest BCUT2D eigenvalue weighted by Crippen LogP contribution is -2.31. The average Bonchev–Trinajstić information content (AvgIpc) is 3.11. The molecular weight excluding hydrogens is 392 g/mol. The quantitative estimate of drug-likeness (QED) is 0.616. The Balaban J connectivity index is 1.47. The highest BCUT2D eigenvalue weighted by Crippen LogP contribution is 2.44. The molecule has 1 aliphatic carbocycles. The second-order valence-electron chi connectivity index (χ2n) is 7.35. The number of nitrogens with one attached hydrogen (secondary N) is 1. The number of amides is 1. The van der Waals surface area contributed by atoms with Crippen LogP contribution >= 0.6 is 0 Å². The Labute approximate surface area is 179 Å². The maximum Gasteiger partial charge on any atom is 0.407 e. The molecule has 4 rings (SSSR count). The van der Waals surface area contributed by atoms with E-state index in [4.69, 9.17) is 10.00 Å². The molecule has 0 saturated carbocycles. The standard InChI is InChI=1S/C25H20N2O4/c26-14-16-9-11-17(12-10-16)23(13-24(28)29)27-25(30)31-15-22-20-7-3-1-5-18(20)19-6-2-4-8-21(19)22/h1-12,22-23H,13,15H2,(H,27,30)(H,28,29)/t23-/m0/s1. The normalized spacial score (nSPS) is 12.9. The number of rotatable bonds is 6. The van der Waals surface area contributed by atoms with E-state index in [-0.39, 0.29) is 18.9 Å². The highest BCUT2D eigenvalue weighted by atomic mass is 16.5. The van der Waals surface area contributed by atoms with Crippen LogP contribution in [0.15, 0.2) is 72.8 Å². The summed E-state index contributed by atoms with van der Waals surface area (Å²) in [6.07, 6.45) is -0.978. The average molecular weight is 412 g/mol. The third kappa shape index (κ3) is 4.26. The smallest absolute Gasteiger partial charge is 0.407 e. The van der Waals surface area contributed by atoms with Gasteiger partial charge in [0.15, 0.2) is 0 Å². The number of ether oxygens (including phenoxy) is 1. The zero-order valence-electron chi connectivity index (χ0n) is 16.6. The molecule has 3 aromatic rings. The highest BCUT2D eigenvalue weighted by molar-refractivity contribution is 5.79. The van der Waals surface area contributed by atoms with Crippen LogP contribution in [0, 0.1) is 11.3 Å². The third-order valence-corrected chi connectivity index (χ3v) is 5.46. The summed E-state index contributed by atoms with van der Waals surface area (Å²) in [4.78, 5) is 23.8. The molecule has 0 spiro atoms. The lowest BCUT2D eigenvalue weighted by atomic mass is 9.98. The van der Waals surface area contributed by atoms with Crippen molar-refractivity contribution in [2.24, 2.45) is 0 Å². The number of hydrogen-bond acceptors (Lipinski definition) is 4. The molecule has 0 aliphatic heterocycles. The molecule has 0 bridgehead atoms. The minimum absolute atomic E-state index is 0.0778. The minimum Gasteiger partial charge on any atom is -0.481 e. The first-order valence-corrected chi connectivity index (χ1v) is 9.90. The number of carbonyl (C=O) groups is 2. The molecule has 6 nitrogen and oxygen atoms in total. The van der Waals surface area contributed by atoms with E-state index >= 15 is 0 Å². The number of aliphatic carboxylic acids is 1. The number of carboxylic acid groups (broad SMARTS) is 1. The van der Waals surface area contributed by atoms with Crippen molar-refractivity contribution in [3.05, 3.63) is 95.1 Å². The topological polar surface area (TPSA) is 99.4 Å². The van der Waals surface area contributed by atoms with Crippen molar-refractivity contribution in [1.82, 2.24) is 5.32 Å². The maximum absolute atomic E-state index is 12.5. The van der Waals surface area contributed by atoms with Crippen LogP contribution < -0.4 is 5.32 Å². The number of fused-ring (bicyclic) bond motifs is 3. The van der Waals surface area contributed by atoms with Gasteiger partial charge < -0.3 is 15.2 Å². The fraction of sp³-hybridized carbons (Fsp3) is 0.160. The zero-order chi connectivity index (χ0) is 21.8. The Hall–Kier alpha value is -4.11. The Bertz CT molecular complexity index is 1120. The van der Waals surface area contributed by atoms with Crippen LogP contribution in [0.1, 0.15) is 40.6 Å². The molecule has 1 atom stereocenters. The molecule has 3 aromatic carbocycles. The molecule has 1 amide bonds. The number of alkyl carbamates (subject to hydrolysis) is 1. The van der Waals surface area contributed by atoms with Crippen molar-refractivity contribution in [3.8, 4) is 17.2 Å². The highest BCUT2D eigenvalue weighted by Gasteiger charge is 2.29. The monoisotopic (exact) mass is 412 g/mol. The summed E-state index contributed by atoms with van der Waals surface area (Å²) in [7, 11) is 0. The minimum atomic E-state index is -1.05. The van der Waals surface area contributed by atoms with Crippen molar-refractivity contribution in [3.63, 3.8) is 0 Å². The zero-order valence-corrected chi connectivity index (χ0v) is 16.6. The Morgan fingerprint density at radius 3 is 2.10 bits per heavy atom. The predicted molar refractivity (Wildman–Crippen MR) is 114 cm³/mol. The van der Waals surface area contributed by atoms with Crippen LogP contribution in [0.2, 0.25) is 0 Å². The first-order chi connectivity index (χ1) is 15.1.